The molecule has 0 saturated carbocycles. The molecule has 0 aromatic heterocycles. The van der Waals surface area contributed by atoms with Gasteiger partial charge in [-0.2, -0.15) is 0 Å². The van der Waals surface area contributed by atoms with Crippen LogP contribution >= 0.6 is 11.6 Å². The summed E-state index contributed by atoms with van der Waals surface area (Å²) in [5.74, 6) is -0.616. The number of halogens is 2. The third kappa shape index (κ3) is 3.43. The van der Waals surface area contributed by atoms with Gasteiger partial charge in [0.1, 0.15) is 10.7 Å². The number of aliphatic hydroxyl groups is 1. The van der Waals surface area contributed by atoms with Gasteiger partial charge in [0.05, 0.1) is 23.8 Å². The first-order valence-electron chi connectivity index (χ1n) is 5.63. The van der Waals surface area contributed by atoms with Gasteiger partial charge in [-0.25, -0.2) is 17.5 Å². The molecule has 0 spiro atoms. The van der Waals surface area contributed by atoms with E-state index in [4.69, 9.17) is 16.3 Å². The van der Waals surface area contributed by atoms with Crippen LogP contribution in [-0.4, -0.2) is 38.9 Å². The monoisotopic (exact) mass is 309 g/mol. The van der Waals surface area contributed by atoms with Crippen molar-refractivity contribution in [3.05, 3.63) is 29.0 Å². The summed E-state index contributed by atoms with van der Waals surface area (Å²) in [4.78, 5) is -0.214. The van der Waals surface area contributed by atoms with Crippen LogP contribution in [0.2, 0.25) is 5.02 Å². The molecule has 0 amide bonds. The second-order valence-electron chi connectivity index (χ2n) is 4.23. The van der Waals surface area contributed by atoms with Gasteiger partial charge in [0.25, 0.3) is 0 Å². The molecule has 1 heterocycles. The predicted molar refractivity (Wildman–Crippen MR) is 67.0 cm³/mol. The van der Waals surface area contributed by atoms with Gasteiger partial charge in [-0.1, -0.05) is 11.6 Å². The molecular formula is C11H13ClFNO4S. The average molecular weight is 310 g/mol. The van der Waals surface area contributed by atoms with Crippen molar-refractivity contribution in [3.63, 3.8) is 0 Å². The lowest BCUT2D eigenvalue weighted by atomic mass is 10.1. The fourth-order valence-electron chi connectivity index (χ4n) is 1.82. The molecule has 1 aromatic carbocycles. The van der Waals surface area contributed by atoms with Crippen LogP contribution < -0.4 is 4.72 Å². The van der Waals surface area contributed by atoms with Gasteiger partial charge < -0.3 is 9.84 Å². The van der Waals surface area contributed by atoms with Crippen molar-refractivity contribution >= 4 is 21.6 Å². The lowest BCUT2D eigenvalue weighted by Crippen LogP contribution is -2.48. The van der Waals surface area contributed by atoms with Crippen molar-refractivity contribution in [2.45, 2.75) is 23.5 Å². The quantitative estimate of drug-likeness (QED) is 0.870. The lowest BCUT2D eigenvalue weighted by molar-refractivity contribution is -0.0222. The minimum Gasteiger partial charge on any atom is -0.389 e. The fraction of sp³-hybridized carbons (Fsp3) is 0.455. The van der Waals surface area contributed by atoms with Crippen LogP contribution in [0.25, 0.3) is 0 Å². The molecule has 8 heteroatoms. The van der Waals surface area contributed by atoms with Gasteiger partial charge in [-0.05, 0) is 24.6 Å². The number of ether oxygens (including phenoxy) is 1. The molecule has 1 aromatic rings. The maximum Gasteiger partial charge on any atom is 0.242 e. The highest BCUT2D eigenvalue weighted by molar-refractivity contribution is 7.89. The predicted octanol–water partition coefficient (Wildman–Crippen LogP) is 0.907. The minimum atomic E-state index is -3.90. The van der Waals surface area contributed by atoms with Crippen LogP contribution in [0.15, 0.2) is 23.1 Å². The van der Waals surface area contributed by atoms with E-state index in [1.807, 2.05) is 0 Å². The van der Waals surface area contributed by atoms with E-state index in [0.29, 0.717) is 13.0 Å². The number of nitrogens with one attached hydrogen (secondary N) is 1. The summed E-state index contributed by atoms with van der Waals surface area (Å²) >= 11 is 5.72. The van der Waals surface area contributed by atoms with Crippen LogP contribution in [0.5, 0.6) is 0 Å². The second kappa shape index (κ2) is 5.72. The summed E-state index contributed by atoms with van der Waals surface area (Å²) in [6.45, 7) is 0.436. The SMILES string of the molecule is O=S(=O)(NC1CCOCC1O)c1ccc(F)cc1Cl. The molecule has 0 aliphatic carbocycles. The summed E-state index contributed by atoms with van der Waals surface area (Å²) in [5, 5.41) is 9.45. The largest absolute Gasteiger partial charge is 0.389 e. The van der Waals surface area contributed by atoms with Crippen molar-refractivity contribution in [3.8, 4) is 0 Å². The van der Waals surface area contributed by atoms with Gasteiger partial charge in [-0.15, -0.1) is 0 Å². The van der Waals surface area contributed by atoms with E-state index in [-0.39, 0.29) is 16.5 Å². The number of aliphatic hydroxyl groups excluding tert-OH is 1. The summed E-state index contributed by atoms with van der Waals surface area (Å²) < 4.78 is 44.5. The Labute approximate surface area is 115 Å². The van der Waals surface area contributed by atoms with Gasteiger partial charge in [-0.3, -0.25) is 0 Å². The summed E-state index contributed by atoms with van der Waals surface area (Å²) in [5.41, 5.74) is 0. The molecule has 1 aliphatic rings. The Morgan fingerprint density at radius 1 is 1.47 bits per heavy atom. The molecule has 2 rings (SSSR count). The fourth-order valence-corrected chi connectivity index (χ4v) is 3.65. The zero-order valence-corrected chi connectivity index (χ0v) is 11.4. The van der Waals surface area contributed by atoms with E-state index in [1.165, 1.54) is 0 Å². The van der Waals surface area contributed by atoms with Crippen LogP contribution in [0.1, 0.15) is 6.42 Å². The summed E-state index contributed by atoms with van der Waals surface area (Å²) in [6, 6.07) is 2.39. The van der Waals surface area contributed by atoms with E-state index in [9.17, 15) is 17.9 Å². The molecule has 5 nitrogen and oxygen atoms in total. The second-order valence-corrected chi connectivity index (χ2v) is 6.32. The Kier molecular flexibility index (Phi) is 4.42. The van der Waals surface area contributed by atoms with Crippen LogP contribution in [-0.2, 0) is 14.8 Å². The molecule has 0 radical (unpaired) electrons. The maximum atomic E-state index is 12.9. The molecule has 2 unspecified atom stereocenters. The Hall–Kier alpha value is -0.730. The lowest BCUT2D eigenvalue weighted by Gasteiger charge is -2.28. The molecule has 0 bridgehead atoms. The number of hydrogen-bond donors (Lipinski definition) is 2. The van der Waals surface area contributed by atoms with Crippen molar-refractivity contribution in [2.75, 3.05) is 13.2 Å². The molecule has 19 heavy (non-hydrogen) atoms. The Morgan fingerprint density at radius 2 is 2.21 bits per heavy atom. The third-order valence-corrected chi connectivity index (χ3v) is 4.79. The smallest absolute Gasteiger partial charge is 0.242 e. The molecular weight excluding hydrogens is 297 g/mol. The van der Waals surface area contributed by atoms with Crippen LogP contribution in [0, 0.1) is 5.82 Å². The molecule has 1 aliphatic heterocycles. The first-order chi connectivity index (χ1) is 8.90. The third-order valence-electron chi connectivity index (χ3n) is 2.82. The summed E-state index contributed by atoms with van der Waals surface area (Å²) in [7, 11) is -3.90. The van der Waals surface area contributed by atoms with Gasteiger partial charge in [0.15, 0.2) is 0 Å². The van der Waals surface area contributed by atoms with E-state index < -0.39 is 28.0 Å². The van der Waals surface area contributed by atoms with Gasteiger partial charge >= 0.3 is 0 Å². The maximum absolute atomic E-state index is 12.9. The van der Waals surface area contributed by atoms with Gasteiger partial charge in [0, 0.05) is 6.61 Å². The molecule has 2 atom stereocenters. The minimum absolute atomic E-state index is 0.0737. The molecule has 106 valence electrons. The highest BCUT2D eigenvalue weighted by Crippen LogP contribution is 2.23. The van der Waals surface area contributed by atoms with Crippen LogP contribution in [0.4, 0.5) is 4.39 Å². The molecule has 2 N–H and O–H groups in total. The standard InChI is InChI=1S/C11H13ClFNO4S/c12-8-5-7(13)1-2-11(8)19(16,17)14-9-3-4-18-6-10(9)15/h1-2,5,9-10,14-15H,3-4,6H2. The average Bonchev–Trinajstić information content (AvgIpc) is 2.31. The Balaban J connectivity index is 2.22. The van der Waals surface area contributed by atoms with E-state index in [2.05, 4.69) is 4.72 Å². The molecule has 1 saturated heterocycles. The number of hydrogen-bond acceptors (Lipinski definition) is 4. The normalized spacial score (nSPS) is 24.4. The number of sulfonamides is 1. The highest BCUT2D eigenvalue weighted by atomic mass is 35.5. The van der Waals surface area contributed by atoms with Gasteiger partial charge in [0.2, 0.25) is 10.0 Å². The highest BCUT2D eigenvalue weighted by Gasteiger charge is 2.29. The van der Waals surface area contributed by atoms with E-state index >= 15 is 0 Å². The van der Waals surface area contributed by atoms with Crippen LogP contribution in [0.3, 0.4) is 0 Å². The van der Waals surface area contributed by atoms with Crippen molar-refractivity contribution < 1.29 is 22.7 Å². The van der Waals surface area contributed by atoms with Crippen molar-refractivity contribution in [1.29, 1.82) is 0 Å². The first kappa shape index (κ1) is 14.7. The van der Waals surface area contributed by atoms with E-state index in [1.54, 1.807) is 0 Å². The Bertz CT molecular complexity index is 566. The van der Waals surface area contributed by atoms with Crippen molar-refractivity contribution in [1.82, 2.24) is 4.72 Å². The molecule has 1 fully saturated rings. The number of benzene rings is 1. The zero-order chi connectivity index (χ0) is 14.0. The Morgan fingerprint density at radius 3 is 2.84 bits per heavy atom. The van der Waals surface area contributed by atoms with Crippen molar-refractivity contribution in [2.24, 2.45) is 0 Å². The first-order valence-corrected chi connectivity index (χ1v) is 7.49. The number of rotatable bonds is 3. The van der Waals surface area contributed by atoms with E-state index in [0.717, 1.165) is 18.2 Å². The zero-order valence-electron chi connectivity index (χ0n) is 9.84. The summed E-state index contributed by atoms with van der Waals surface area (Å²) in [6.07, 6.45) is -0.554. The topological polar surface area (TPSA) is 75.6 Å².